The summed E-state index contributed by atoms with van der Waals surface area (Å²) in [5.41, 5.74) is 0.909. The van der Waals surface area contributed by atoms with Crippen molar-refractivity contribution < 1.29 is 4.79 Å². The Kier molecular flexibility index (Phi) is 2.32. The first-order valence-electron chi connectivity index (χ1n) is 2.63. The number of aldehydes is 1. The third-order valence-corrected chi connectivity index (χ3v) is 1.48. The lowest BCUT2D eigenvalue weighted by Gasteiger charge is -1.82. The fraction of sp³-hybridized carbons (Fsp3) is 0.400. The van der Waals surface area contributed by atoms with Gasteiger partial charge in [0, 0.05) is 11.8 Å². The lowest BCUT2D eigenvalue weighted by molar-refractivity contribution is -0.107. The number of carbonyl (C=O) groups excluding carboxylic acids is 1. The first kappa shape index (κ1) is 6.35. The lowest BCUT2D eigenvalue weighted by atomic mass is 10.3. The number of aromatic nitrogens is 2. The van der Waals surface area contributed by atoms with Gasteiger partial charge in [-0.15, -0.1) is 5.10 Å². The monoisotopic (exact) mass is 142 g/mol. The molecular formula is C5H6N2OS. The standard InChI is InChI=1S/C5H6N2OS/c8-3-1-2-5-4-9-7-6-5/h3-4H,1-2H2. The minimum absolute atomic E-state index is 0.547. The molecule has 9 heavy (non-hydrogen) atoms. The smallest absolute Gasteiger partial charge is 0.120 e. The Labute approximate surface area is 56.9 Å². The Balaban J connectivity index is 2.38. The molecule has 0 spiro atoms. The molecule has 1 aromatic rings. The number of nitrogens with zero attached hydrogens (tertiary/aromatic N) is 2. The Morgan fingerprint density at radius 2 is 2.67 bits per heavy atom. The van der Waals surface area contributed by atoms with E-state index >= 15 is 0 Å². The molecule has 0 N–H and O–H groups in total. The van der Waals surface area contributed by atoms with Gasteiger partial charge in [-0.1, -0.05) is 4.49 Å². The summed E-state index contributed by atoms with van der Waals surface area (Å²) < 4.78 is 3.65. The SMILES string of the molecule is O=CCCc1csnn1. The van der Waals surface area contributed by atoms with Gasteiger partial charge in [-0.3, -0.25) is 0 Å². The second-order valence-corrected chi connectivity index (χ2v) is 2.21. The number of hydrogen-bond acceptors (Lipinski definition) is 4. The van der Waals surface area contributed by atoms with Gasteiger partial charge >= 0.3 is 0 Å². The molecule has 0 saturated carbocycles. The van der Waals surface area contributed by atoms with Crippen molar-refractivity contribution >= 4 is 17.8 Å². The number of rotatable bonds is 3. The zero-order valence-corrected chi connectivity index (χ0v) is 5.60. The van der Waals surface area contributed by atoms with E-state index in [9.17, 15) is 4.79 Å². The van der Waals surface area contributed by atoms with E-state index in [0.29, 0.717) is 6.42 Å². The Hall–Kier alpha value is -0.770. The van der Waals surface area contributed by atoms with Crippen LogP contribution in [0.5, 0.6) is 0 Å². The average Bonchev–Trinajstić information content (AvgIpc) is 2.34. The zero-order valence-electron chi connectivity index (χ0n) is 4.78. The van der Waals surface area contributed by atoms with E-state index in [-0.39, 0.29) is 0 Å². The van der Waals surface area contributed by atoms with Gasteiger partial charge in [-0.2, -0.15) is 0 Å². The van der Waals surface area contributed by atoms with Crippen LogP contribution in [0.2, 0.25) is 0 Å². The maximum Gasteiger partial charge on any atom is 0.120 e. The normalized spacial score (nSPS) is 9.33. The highest BCUT2D eigenvalue weighted by Gasteiger charge is 1.92. The first-order chi connectivity index (χ1) is 4.43. The van der Waals surface area contributed by atoms with Gasteiger partial charge in [-0.25, -0.2) is 0 Å². The second-order valence-electron chi connectivity index (χ2n) is 1.60. The van der Waals surface area contributed by atoms with Crippen molar-refractivity contribution in [2.45, 2.75) is 12.8 Å². The van der Waals surface area contributed by atoms with Crippen molar-refractivity contribution in [3.63, 3.8) is 0 Å². The van der Waals surface area contributed by atoms with Crippen LogP contribution in [0.1, 0.15) is 12.1 Å². The molecule has 1 rings (SSSR count). The van der Waals surface area contributed by atoms with Crippen molar-refractivity contribution in [2.24, 2.45) is 0 Å². The van der Waals surface area contributed by atoms with Crippen LogP contribution >= 0.6 is 11.5 Å². The summed E-state index contributed by atoms with van der Waals surface area (Å²) in [4.78, 5) is 9.86. The predicted molar refractivity (Wildman–Crippen MR) is 34.3 cm³/mol. The van der Waals surface area contributed by atoms with Gasteiger partial charge in [0.1, 0.15) is 6.29 Å². The Morgan fingerprint density at radius 1 is 1.78 bits per heavy atom. The van der Waals surface area contributed by atoms with Gasteiger partial charge in [0.05, 0.1) is 5.69 Å². The van der Waals surface area contributed by atoms with Crippen LogP contribution in [-0.4, -0.2) is 15.9 Å². The van der Waals surface area contributed by atoms with E-state index in [1.165, 1.54) is 11.5 Å². The average molecular weight is 142 g/mol. The van der Waals surface area contributed by atoms with Gasteiger partial charge in [-0.05, 0) is 18.0 Å². The predicted octanol–water partition coefficient (Wildman–Crippen LogP) is 0.670. The van der Waals surface area contributed by atoms with Crippen molar-refractivity contribution in [3.05, 3.63) is 11.1 Å². The fourth-order valence-corrected chi connectivity index (χ4v) is 0.986. The van der Waals surface area contributed by atoms with Crippen LogP contribution in [-0.2, 0) is 11.2 Å². The molecule has 3 nitrogen and oxygen atoms in total. The van der Waals surface area contributed by atoms with E-state index in [4.69, 9.17) is 0 Å². The first-order valence-corrected chi connectivity index (χ1v) is 3.46. The fourth-order valence-electron chi connectivity index (χ4n) is 0.500. The molecule has 0 amide bonds. The van der Waals surface area contributed by atoms with Crippen LogP contribution in [0.3, 0.4) is 0 Å². The minimum Gasteiger partial charge on any atom is -0.303 e. The summed E-state index contributed by atoms with van der Waals surface area (Å²) in [5, 5.41) is 5.61. The summed E-state index contributed by atoms with van der Waals surface area (Å²) in [5.74, 6) is 0. The molecule has 0 bridgehead atoms. The van der Waals surface area contributed by atoms with Crippen LogP contribution in [0.25, 0.3) is 0 Å². The number of carbonyl (C=O) groups is 1. The summed E-state index contributed by atoms with van der Waals surface area (Å²) in [6.45, 7) is 0. The van der Waals surface area contributed by atoms with Crippen molar-refractivity contribution in [1.29, 1.82) is 0 Å². The van der Waals surface area contributed by atoms with Gasteiger partial charge in [0.15, 0.2) is 0 Å². The molecule has 0 fully saturated rings. The Bertz CT molecular complexity index is 173. The highest BCUT2D eigenvalue weighted by Crippen LogP contribution is 1.98. The largest absolute Gasteiger partial charge is 0.303 e. The van der Waals surface area contributed by atoms with Crippen LogP contribution in [0.4, 0.5) is 0 Å². The highest BCUT2D eigenvalue weighted by molar-refractivity contribution is 7.03. The van der Waals surface area contributed by atoms with E-state index in [2.05, 4.69) is 9.59 Å². The third-order valence-electron chi connectivity index (χ3n) is 0.923. The topological polar surface area (TPSA) is 42.9 Å². The summed E-state index contributed by atoms with van der Waals surface area (Å²) in [6.07, 6.45) is 2.16. The highest BCUT2D eigenvalue weighted by atomic mass is 32.1. The summed E-state index contributed by atoms with van der Waals surface area (Å²) >= 11 is 1.31. The van der Waals surface area contributed by atoms with Crippen molar-refractivity contribution in [3.8, 4) is 0 Å². The lowest BCUT2D eigenvalue weighted by Crippen LogP contribution is -1.85. The van der Waals surface area contributed by atoms with E-state index in [0.717, 1.165) is 18.4 Å². The maximum atomic E-state index is 9.86. The summed E-state index contributed by atoms with van der Waals surface area (Å²) in [7, 11) is 0. The van der Waals surface area contributed by atoms with Gasteiger partial charge in [0.25, 0.3) is 0 Å². The molecule has 1 heterocycles. The van der Waals surface area contributed by atoms with Crippen molar-refractivity contribution in [2.75, 3.05) is 0 Å². The Morgan fingerprint density at radius 3 is 3.22 bits per heavy atom. The van der Waals surface area contributed by atoms with Crippen LogP contribution < -0.4 is 0 Å². The third kappa shape index (κ3) is 1.89. The molecule has 0 aliphatic rings. The minimum atomic E-state index is 0.547. The molecule has 0 atom stereocenters. The molecule has 0 aliphatic carbocycles. The molecule has 0 unspecified atom stereocenters. The van der Waals surface area contributed by atoms with Crippen LogP contribution in [0.15, 0.2) is 5.38 Å². The molecule has 48 valence electrons. The van der Waals surface area contributed by atoms with Gasteiger partial charge in [0.2, 0.25) is 0 Å². The molecule has 0 aliphatic heterocycles. The van der Waals surface area contributed by atoms with Gasteiger partial charge < -0.3 is 4.79 Å². The molecular weight excluding hydrogens is 136 g/mol. The van der Waals surface area contributed by atoms with Crippen LogP contribution in [0, 0.1) is 0 Å². The maximum absolute atomic E-state index is 9.86. The molecule has 0 aromatic carbocycles. The molecule has 0 radical (unpaired) electrons. The number of hydrogen-bond donors (Lipinski definition) is 0. The number of aryl methyl sites for hydroxylation is 1. The van der Waals surface area contributed by atoms with Crippen molar-refractivity contribution in [1.82, 2.24) is 9.59 Å². The van der Waals surface area contributed by atoms with E-state index in [1.54, 1.807) is 0 Å². The zero-order chi connectivity index (χ0) is 6.53. The molecule has 0 saturated heterocycles. The molecule has 1 aromatic heterocycles. The van der Waals surface area contributed by atoms with E-state index in [1.807, 2.05) is 5.38 Å². The quantitative estimate of drug-likeness (QED) is 0.582. The molecule has 4 heteroatoms. The van der Waals surface area contributed by atoms with E-state index < -0.39 is 0 Å². The summed E-state index contributed by atoms with van der Waals surface area (Å²) in [6, 6.07) is 0. The second kappa shape index (κ2) is 3.29.